The Labute approximate surface area is 144 Å². The molecule has 0 aromatic carbocycles. The Morgan fingerprint density at radius 2 is 0.741 bits per heavy atom. The van der Waals surface area contributed by atoms with Gasteiger partial charge < -0.3 is 10.2 Å². The second-order valence-corrected chi connectivity index (χ2v) is 6.57. The van der Waals surface area contributed by atoms with Crippen molar-refractivity contribution in [3.8, 4) is 0 Å². The highest BCUT2D eigenvalue weighted by atomic mass is 19.4. The molecule has 0 spiro atoms. The maximum Gasteiger partial charge on any atom is 0.426 e. The summed E-state index contributed by atoms with van der Waals surface area (Å²) in [6.07, 6.45) is -30.7. The van der Waals surface area contributed by atoms with Gasteiger partial charge in [-0.05, 0) is 24.7 Å². The lowest BCUT2D eigenvalue weighted by molar-refractivity contribution is -0.379. The van der Waals surface area contributed by atoms with E-state index in [4.69, 9.17) is 10.2 Å². The molecule has 2 N–H and O–H groups in total. The van der Waals surface area contributed by atoms with Gasteiger partial charge in [0.25, 0.3) is 11.2 Å². The summed E-state index contributed by atoms with van der Waals surface area (Å²) in [5.74, 6) is -3.93. The van der Waals surface area contributed by atoms with E-state index in [2.05, 4.69) is 0 Å². The largest absolute Gasteiger partial charge is 0.426 e. The summed E-state index contributed by atoms with van der Waals surface area (Å²) >= 11 is 0. The van der Waals surface area contributed by atoms with Gasteiger partial charge in [0.05, 0.1) is 0 Å². The molecule has 1 rings (SSSR count). The predicted octanol–water partition coefficient (Wildman–Crippen LogP) is 4.89. The minimum Gasteiger partial charge on any atom is -0.374 e. The van der Waals surface area contributed by atoms with Gasteiger partial charge in [-0.25, -0.2) is 0 Å². The van der Waals surface area contributed by atoms with Crippen LogP contribution in [0.3, 0.4) is 0 Å². The molecule has 162 valence electrons. The quantitative estimate of drug-likeness (QED) is 0.624. The van der Waals surface area contributed by atoms with E-state index in [-0.39, 0.29) is 6.42 Å². The first kappa shape index (κ1) is 24.1. The first-order valence-electron chi connectivity index (χ1n) is 7.39. The van der Waals surface area contributed by atoms with Gasteiger partial charge in [-0.15, -0.1) is 0 Å². The summed E-state index contributed by atoms with van der Waals surface area (Å²) in [5.41, 5.74) is -10.6. The monoisotopic (exact) mass is 430 g/mol. The summed E-state index contributed by atoms with van der Waals surface area (Å²) < 4.78 is 153. The third-order valence-corrected chi connectivity index (χ3v) is 4.81. The molecule has 2 atom stereocenters. The van der Waals surface area contributed by atoms with E-state index in [1.165, 1.54) is 0 Å². The van der Waals surface area contributed by atoms with Crippen molar-refractivity contribution in [3.05, 3.63) is 0 Å². The molecule has 14 heteroatoms. The molecule has 1 aliphatic rings. The van der Waals surface area contributed by atoms with Gasteiger partial charge in [-0.3, -0.25) is 0 Å². The zero-order valence-electron chi connectivity index (χ0n) is 13.1. The van der Waals surface area contributed by atoms with Crippen molar-refractivity contribution in [2.45, 2.75) is 68.0 Å². The second kappa shape index (κ2) is 6.85. The predicted molar refractivity (Wildman–Crippen MR) is 64.2 cm³/mol. The molecule has 0 aliphatic heterocycles. The molecular formula is C13H14F12O2. The van der Waals surface area contributed by atoms with Gasteiger partial charge in [0, 0.05) is 0 Å². The fourth-order valence-corrected chi connectivity index (χ4v) is 3.19. The van der Waals surface area contributed by atoms with Crippen molar-refractivity contribution in [1.82, 2.24) is 0 Å². The van der Waals surface area contributed by atoms with Crippen LogP contribution in [0.25, 0.3) is 0 Å². The molecule has 0 aromatic rings. The summed E-state index contributed by atoms with van der Waals surface area (Å²) in [4.78, 5) is 0. The number of aliphatic hydroxyl groups is 2. The molecule has 0 heterocycles. The molecule has 0 amide bonds. The summed E-state index contributed by atoms with van der Waals surface area (Å²) in [7, 11) is 0. The molecule has 1 saturated carbocycles. The smallest absolute Gasteiger partial charge is 0.374 e. The molecule has 27 heavy (non-hydrogen) atoms. The highest BCUT2D eigenvalue weighted by Gasteiger charge is 2.73. The van der Waals surface area contributed by atoms with Crippen LogP contribution in [0.15, 0.2) is 0 Å². The lowest BCUT2D eigenvalue weighted by Crippen LogP contribution is -2.59. The standard InChI is InChI=1S/C13H14F12O2/c14-10(15,16)8(26,11(17,18)19)4-6-2-1-3-7(6)5-9(27,12(20,21)22)13(23,24)25/h6-7,26-27H,1-5H2/t6-,7-/m1/s1. The molecule has 0 unspecified atom stereocenters. The maximum absolute atomic E-state index is 12.7. The molecule has 1 aliphatic carbocycles. The Balaban J connectivity index is 3.19. The molecule has 1 fully saturated rings. The van der Waals surface area contributed by atoms with Crippen molar-refractivity contribution in [3.63, 3.8) is 0 Å². The first-order chi connectivity index (χ1) is 11.7. The number of alkyl halides is 12. The Morgan fingerprint density at radius 3 is 0.926 bits per heavy atom. The van der Waals surface area contributed by atoms with Gasteiger partial charge >= 0.3 is 24.7 Å². The van der Waals surface area contributed by atoms with Crippen LogP contribution < -0.4 is 0 Å². The number of rotatable bonds is 4. The molecule has 0 saturated heterocycles. The van der Waals surface area contributed by atoms with Crippen LogP contribution in [0, 0.1) is 11.8 Å². The van der Waals surface area contributed by atoms with E-state index in [1.54, 1.807) is 0 Å². The van der Waals surface area contributed by atoms with E-state index in [1.807, 2.05) is 0 Å². The average molecular weight is 430 g/mol. The summed E-state index contributed by atoms with van der Waals surface area (Å²) in [6, 6.07) is 0. The van der Waals surface area contributed by atoms with Gasteiger partial charge in [0.1, 0.15) is 0 Å². The lowest BCUT2D eigenvalue weighted by Gasteiger charge is -2.38. The van der Waals surface area contributed by atoms with E-state index >= 15 is 0 Å². The van der Waals surface area contributed by atoms with Crippen molar-refractivity contribution in [1.29, 1.82) is 0 Å². The molecule has 0 aromatic heterocycles. The normalized spacial score (nSPS) is 23.8. The van der Waals surface area contributed by atoms with E-state index in [0.717, 1.165) is 0 Å². The molecule has 0 bridgehead atoms. The molecule has 0 radical (unpaired) electrons. The van der Waals surface area contributed by atoms with Crippen LogP contribution in [-0.2, 0) is 0 Å². The van der Waals surface area contributed by atoms with Crippen LogP contribution >= 0.6 is 0 Å². The lowest BCUT2D eigenvalue weighted by atomic mass is 9.78. The fraction of sp³-hybridized carbons (Fsp3) is 1.00. The highest BCUT2D eigenvalue weighted by Crippen LogP contribution is 2.54. The highest BCUT2D eigenvalue weighted by molar-refractivity contribution is 5.01. The first-order valence-corrected chi connectivity index (χ1v) is 7.39. The third-order valence-electron chi connectivity index (χ3n) is 4.81. The minimum atomic E-state index is -6.25. The Bertz CT molecular complexity index is 441. The average Bonchev–Trinajstić information content (AvgIpc) is 2.80. The topological polar surface area (TPSA) is 40.5 Å². The second-order valence-electron chi connectivity index (χ2n) is 6.57. The van der Waals surface area contributed by atoms with Crippen molar-refractivity contribution >= 4 is 0 Å². The number of hydrogen-bond donors (Lipinski definition) is 2. The van der Waals surface area contributed by atoms with Crippen molar-refractivity contribution < 1.29 is 62.9 Å². The van der Waals surface area contributed by atoms with Gasteiger partial charge in [0.2, 0.25) is 0 Å². The zero-order chi connectivity index (χ0) is 21.7. The van der Waals surface area contributed by atoms with Crippen LogP contribution in [0.4, 0.5) is 52.7 Å². The summed E-state index contributed by atoms with van der Waals surface area (Å²) in [6.45, 7) is 0. The number of hydrogen-bond acceptors (Lipinski definition) is 2. The van der Waals surface area contributed by atoms with Gasteiger partial charge in [-0.1, -0.05) is 19.3 Å². The number of halogens is 12. The Hall–Kier alpha value is -0.920. The van der Waals surface area contributed by atoms with Crippen LogP contribution in [0.5, 0.6) is 0 Å². The Kier molecular flexibility index (Phi) is 6.12. The van der Waals surface area contributed by atoms with Crippen LogP contribution in [0.1, 0.15) is 32.1 Å². The Morgan fingerprint density at radius 1 is 0.519 bits per heavy atom. The van der Waals surface area contributed by atoms with Gasteiger partial charge in [-0.2, -0.15) is 52.7 Å². The fourth-order valence-electron chi connectivity index (χ4n) is 3.19. The van der Waals surface area contributed by atoms with E-state index in [0.29, 0.717) is 0 Å². The third kappa shape index (κ3) is 4.40. The zero-order valence-corrected chi connectivity index (χ0v) is 13.1. The van der Waals surface area contributed by atoms with Crippen LogP contribution in [-0.4, -0.2) is 46.1 Å². The maximum atomic E-state index is 12.7. The van der Waals surface area contributed by atoms with Gasteiger partial charge in [0.15, 0.2) is 0 Å². The van der Waals surface area contributed by atoms with Crippen LogP contribution in [0.2, 0.25) is 0 Å². The van der Waals surface area contributed by atoms with Crippen molar-refractivity contribution in [2.75, 3.05) is 0 Å². The van der Waals surface area contributed by atoms with E-state index < -0.39 is 73.4 Å². The van der Waals surface area contributed by atoms with E-state index in [9.17, 15) is 52.7 Å². The molecular weight excluding hydrogens is 416 g/mol. The van der Waals surface area contributed by atoms with Crippen molar-refractivity contribution in [2.24, 2.45) is 11.8 Å². The summed E-state index contributed by atoms with van der Waals surface area (Å²) in [5, 5.41) is 18.2. The molecule has 2 nitrogen and oxygen atoms in total. The SMILES string of the molecule is OC(C[C@H]1CCC[C@@H]1CC(O)(C(F)(F)F)C(F)(F)F)(C(F)(F)F)C(F)(F)F. The minimum absolute atomic E-state index is 0.257.